The van der Waals surface area contributed by atoms with Gasteiger partial charge in [0, 0.05) is 25.0 Å². The molecule has 0 bridgehead atoms. The molecule has 0 spiro atoms. The molecule has 1 aromatic heterocycles. The van der Waals surface area contributed by atoms with Gasteiger partial charge < -0.3 is 10.2 Å². The number of anilines is 2. The van der Waals surface area contributed by atoms with Gasteiger partial charge in [0.15, 0.2) is 0 Å². The molecule has 6 heteroatoms. The van der Waals surface area contributed by atoms with E-state index >= 15 is 0 Å². The molecule has 0 saturated carbocycles. The predicted molar refractivity (Wildman–Crippen MR) is 98.4 cm³/mol. The number of hydrogen-bond donors (Lipinski definition) is 1. The van der Waals surface area contributed by atoms with Crippen LogP contribution >= 0.6 is 23.2 Å². The normalized spacial score (nSPS) is 15.0. The van der Waals surface area contributed by atoms with Crippen molar-refractivity contribution in [2.75, 3.05) is 18.4 Å². The minimum Gasteiger partial charge on any atom is -0.354 e. The molecule has 0 unspecified atom stereocenters. The fraction of sp³-hybridized carbons (Fsp3) is 0.333. The van der Waals surface area contributed by atoms with Crippen LogP contribution in [0.5, 0.6) is 0 Å². The Balaban J connectivity index is 1.75. The summed E-state index contributed by atoms with van der Waals surface area (Å²) in [5.74, 6) is 0.0437. The van der Waals surface area contributed by atoms with E-state index in [1.165, 1.54) is 12.8 Å². The molecule has 2 aromatic rings. The van der Waals surface area contributed by atoms with E-state index < -0.39 is 0 Å². The highest BCUT2D eigenvalue weighted by atomic mass is 35.5. The highest BCUT2D eigenvalue weighted by molar-refractivity contribution is 6.42. The Bertz CT molecular complexity index is 728. The average molecular weight is 364 g/mol. The van der Waals surface area contributed by atoms with E-state index in [1.54, 1.807) is 24.5 Å². The van der Waals surface area contributed by atoms with Crippen LogP contribution in [0.2, 0.25) is 10.0 Å². The molecule has 2 heterocycles. The topological polar surface area (TPSA) is 45.2 Å². The number of hydrogen-bond acceptors (Lipinski definition) is 3. The lowest BCUT2D eigenvalue weighted by Crippen LogP contribution is -2.31. The molecule has 0 atom stereocenters. The number of aromatic nitrogens is 1. The Morgan fingerprint density at radius 2 is 1.71 bits per heavy atom. The fourth-order valence-electron chi connectivity index (χ4n) is 2.82. The summed E-state index contributed by atoms with van der Waals surface area (Å²) in [6.45, 7) is 1.65. The Kier molecular flexibility index (Phi) is 5.59. The van der Waals surface area contributed by atoms with Gasteiger partial charge in [-0.2, -0.15) is 0 Å². The lowest BCUT2D eigenvalue weighted by Gasteiger charge is -2.20. The van der Waals surface area contributed by atoms with Crippen LogP contribution in [0.3, 0.4) is 0 Å². The number of rotatable bonds is 3. The molecule has 3 rings (SSSR count). The second-order valence-electron chi connectivity index (χ2n) is 5.92. The molecular weight excluding hydrogens is 345 g/mol. The molecule has 1 fully saturated rings. The molecule has 126 valence electrons. The Morgan fingerprint density at radius 3 is 2.42 bits per heavy atom. The van der Waals surface area contributed by atoms with Crippen molar-refractivity contribution in [3.05, 3.63) is 52.3 Å². The Labute approximate surface area is 151 Å². The molecule has 4 nitrogen and oxygen atoms in total. The van der Waals surface area contributed by atoms with Crippen molar-refractivity contribution >= 4 is 40.5 Å². The zero-order valence-corrected chi connectivity index (χ0v) is 14.8. The first-order chi connectivity index (χ1) is 11.6. The smallest absolute Gasteiger partial charge is 0.255 e. The Morgan fingerprint density at radius 1 is 0.958 bits per heavy atom. The van der Waals surface area contributed by atoms with E-state index in [4.69, 9.17) is 23.2 Å². The molecule has 0 radical (unpaired) electrons. The van der Waals surface area contributed by atoms with Crippen molar-refractivity contribution in [3.8, 4) is 0 Å². The van der Waals surface area contributed by atoms with Gasteiger partial charge in [-0.25, -0.2) is 0 Å². The molecule has 1 aliphatic rings. The lowest BCUT2D eigenvalue weighted by molar-refractivity contribution is 0.0761. The molecule has 0 aliphatic carbocycles. The van der Waals surface area contributed by atoms with Crippen LogP contribution in [-0.4, -0.2) is 28.9 Å². The number of halogens is 2. The van der Waals surface area contributed by atoms with Crippen molar-refractivity contribution in [1.82, 2.24) is 9.88 Å². The minimum atomic E-state index is 0.0437. The van der Waals surface area contributed by atoms with Crippen LogP contribution in [-0.2, 0) is 0 Å². The maximum atomic E-state index is 12.7. The monoisotopic (exact) mass is 363 g/mol. The van der Waals surface area contributed by atoms with Crippen LogP contribution in [0.25, 0.3) is 0 Å². The van der Waals surface area contributed by atoms with Crippen molar-refractivity contribution in [2.45, 2.75) is 25.7 Å². The van der Waals surface area contributed by atoms with Gasteiger partial charge in [0.25, 0.3) is 5.91 Å². The maximum absolute atomic E-state index is 12.7. The molecule has 1 aliphatic heterocycles. The van der Waals surface area contributed by atoms with Crippen LogP contribution in [0, 0.1) is 0 Å². The van der Waals surface area contributed by atoms with Gasteiger partial charge in [-0.05, 0) is 37.1 Å². The zero-order valence-electron chi connectivity index (χ0n) is 13.3. The quantitative estimate of drug-likeness (QED) is 0.819. The second kappa shape index (κ2) is 7.86. The van der Waals surface area contributed by atoms with E-state index in [2.05, 4.69) is 10.3 Å². The van der Waals surface area contributed by atoms with Crippen molar-refractivity contribution in [3.63, 3.8) is 0 Å². The van der Waals surface area contributed by atoms with Gasteiger partial charge in [-0.15, -0.1) is 0 Å². The molecule has 1 aromatic carbocycles. The van der Waals surface area contributed by atoms with Gasteiger partial charge in [-0.3, -0.25) is 9.78 Å². The number of carbonyl (C=O) groups is 1. The third-order valence-electron chi connectivity index (χ3n) is 4.09. The molecular formula is C18H19Cl2N3O. The van der Waals surface area contributed by atoms with Gasteiger partial charge >= 0.3 is 0 Å². The Hall–Kier alpha value is -1.78. The summed E-state index contributed by atoms with van der Waals surface area (Å²) in [6.07, 6.45) is 7.83. The number of likely N-dealkylation sites (tertiary alicyclic amines) is 1. The summed E-state index contributed by atoms with van der Waals surface area (Å²) in [6, 6.07) is 7.12. The van der Waals surface area contributed by atoms with Gasteiger partial charge in [0.05, 0.1) is 27.5 Å². The van der Waals surface area contributed by atoms with Crippen LogP contribution < -0.4 is 5.32 Å². The number of carbonyl (C=O) groups excluding carboxylic acids is 1. The van der Waals surface area contributed by atoms with E-state index in [1.807, 2.05) is 17.0 Å². The third-order valence-corrected chi connectivity index (χ3v) is 4.83. The number of amides is 1. The number of nitrogens with one attached hydrogen (secondary N) is 1. The number of nitrogens with zero attached hydrogens (tertiary/aromatic N) is 2. The standard InChI is InChI=1S/C18H19Cl2N3O/c19-16-6-5-14(10-17(16)20)22-15-9-13(11-21-12-15)18(24)23-7-3-1-2-4-8-23/h5-6,9-12,22H,1-4,7-8H2. The summed E-state index contributed by atoms with van der Waals surface area (Å²) in [5.41, 5.74) is 2.14. The molecule has 1 N–H and O–H groups in total. The van der Waals surface area contributed by atoms with Gasteiger partial charge in [0.1, 0.15) is 0 Å². The van der Waals surface area contributed by atoms with E-state index in [9.17, 15) is 4.79 Å². The van der Waals surface area contributed by atoms with Crippen molar-refractivity contribution < 1.29 is 4.79 Å². The molecule has 24 heavy (non-hydrogen) atoms. The van der Waals surface area contributed by atoms with Crippen molar-refractivity contribution in [2.24, 2.45) is 0 Å². The first kappa shape index (κ1) is 17.1. The van der Waals surface area contributed by atoms with Crippen LogP contribution in [0.15, 0.2) is 36.7 Å². The first-order valence-electron chi connectivity index (χ1n) is 8.10. The maximum Gasteiger partial charge on any atom is 0.255 e. The highest BCUT2D eigenvalue weighted by Crippen LogP contribution is 2.27. The van der Waals surface area contributed by atoms with E-state index in [0.717, 1.165) is 37.3 Å². The third kappa shape index (κ3) is 4.19. The second-order valence-corrected chi connectivity index (χ2v) is 6.74. The van der Waals surface area contributed by atoms with Crippen LogP contribution in [0.4, 0.5) is 11.4 Å². The van der Waals surface area contributed by atoms with E-state index in [-0.39, 0.29) is 5.91 Å². The van der Waals surface area contributed by atoms with E-state index in [0.29, 0.717) is 15.6 Å². The van der Waals surface area contributed by atoms with Gasteiger partial charge in [-0.1, -0.05) is 36.0 Å². The van der Waals surface area contributed by atoms with Crippen molar-refractivity contribution in [1.29, 1.82) is 0 Å². The lowest BCUT2D eigenvalue weighted by atomic mass is 10.2. The fourth-order valence-corrected chi connectivity index (χ4v) is 3.12. The number of benzene rings is 1. The predicted octanol–water partition coefficient (Wildman–Crippen LogP) is 5.15. The minimum absolute atomic E-state index is 0.0437. The largest absolute Gasteiger partial charge is 0.354 e. The summed E-state index contributed by atoms with van der Waals surface area (Å²) < 4.78 is 0. The SMILES string of the molecule is O=C(c1cncc(Nc2ccc(Cl)c(Cl)c2)c1)N1CCCCCC1. The zero-order chi connectivity index (χ0) is 16.9. The summed E-state index contributed by atoms with van der Waals surface area (Å²) >= 11 is 12.0. The molecule has 1 saturated heterocycles. The van der Waals surface area contributed by atoms with Crippen LogP contribution in [0.1, 0.15) is 36.0 Å². The summed E-state index contributed by atoms with van der Waals surface area (Å²) in [4.78, 5) is 18.8. The number of pyridine rings is 1. The summed E-state index contributed by atoms with van der Waals surface area (Å²) in [7, 11) is 0. The highest BCUT2D eigenvalue weighted by Gasteiger charge is 2.17. The molecule has 1 amide bonds. The first-order valence-corrected chi connectivity index (χ1v) is 8.85. The average Bonchev–Trinajstić information content (AvgIpc) is 2.87. The van der Waals surface area contributed by atoms with Gasteiger partial charge in [0.2, 0.25) is 0 Å². The summed E-state index contributed by atoms with van der Waals surface area (Å²) in [5, 5.41) is 4.19.